The maximum Gasteiger partial charge on any atom is 0.0391 e. The fourth-order valence-corrected chi connectivity index (χ4v) is 2.97. The van der Waals surface area contributed by atoms with Crippen LogP contribution in [-0.2, 0) is 6.42 Å². The second-order valence-electron chi connectivity index (χ2n) is 4.55. The zero-order valence-corrected chi connectivity index (χ0v) is 12.0. The highest BCUT2D eigenvalue weighted by atomic mass is 32.1. The Kier molecular flexibility index (Phi) is 4.50. The zero-order chi connectivity index (χ0) is 13.0. The molecular formula is C15H20N2S. The Morgan fingerprint density at radius 1 is 1.22 bits per heavy atom. The van der Waals surface area contributed by atoms with Crippen LogP contribution in [0.4, 0.5) is 0 Å². The molecule has 0 aliphatic heterocycles. The van der Waals surface area contributed by atoms with Gasteiger partial charge in [0.1, 0.15) is 0 Å². The highest BCUT2D eigenvalue weighted by Crippen LogP contribution is 2.25. The maximum atomic E-state index is 4.17. The van der Waals surface area contributed by atoms with Crippen LogP contribution in [0.2, 0.25) is 0 Å². The van der Waals surface area contributed by atoms with Crippen LogP contribution in [0.25, 0.3) is 0 Å². The van der Waals surface area contributed by atoms with E-state index in [-0.39, 0.29) is 0 Å². The van der Waals surface area contributed by atoms with Gasteiger partial charge >= 0.3 is 0 Å². The standard InChI is InChI=1S/C15H20N2S/c1-4-14-7-8-15(18-14)12(3)17-11(2)13-6-5-9-16-10-13/h5-12,17H,4H2,1-3H3. The fraction of sp³-hybridized carbons (Fsp3) is 0.400. The SMILES string of the molecule is CCc1ccc(C(C)NC(C)c2cccnc2)s1. The minimum Gasteiger partial charge on any atom is -0.303 e. The fourth-order valence-electron chi connectivity index (χ4n) is 2.00. The van der Waals surface area contributed by atoms with Crippen LogP contribution < -0.4 is 5.32 Å². The van der Waals surface area contributed by atoms with Gasteiger partial charge in [-0.05, 0) is 44.0 Å². The molecule has 1 N–H and O–H groups in total. The molecule has 0 saturated heterocycles. The number of nitrogens with one attached hydrogen (secondary N) is 1. The van der Waals surface area contributed by atoms with Crippen molar-refractivity contribution in [1.82, 2.24) is 10.3 Å². The Balaban J connectivity index is 2.01. The molecule has 0 fully saturated rings. The molecule has 18 heavy (non-hydrogen) atoms. The Bertz CT molecular complexity index is 478. The van der Waals surface area contributed by atoms with E-state index in [0.717, 1.165) is 6.42 Å². The monoisotopic (exact) mass is 260 g/mol. The number of aryl methyl sites for hydroxylation is 1. The number of pyridine rings is 1. The van der Waals surface area contributed by atoms with Gasteiger partial charge in [-0.15, -0.1) is 11.3 Å². The number of aromatic nitrogens is 1. The zero-order valence-electron chi connectivity index (χ0n) is 11.2. The average Bonchev–Trinajstić information content (AvgIpc) is 2.88. The largest absolute Gasteiger partial charge is 0.303 e. The van der Waals surface area contributed by atoms with E-state index in [4.69, 9.17) is 0 Å². The quantitative estimate of drug-likeness (QED) is 0.875. The Hall–Kier alpha value is -1.19. The first kappa shape index (κ1) is 13.2. The lowest BCUT2D eigenvalue weighted by molar-refractivity contribution is 0.499. The average molecular weight is 260 g/mol. The first-order valence-electron chi connectivity index (χ1n) is 6.45. The number of hydrogen-bond donors (Lipinski definition) is 1. The molecule has 2 aromatic rings. The van der Waals surface area contributed by atoms with Gasteiger partial charge in [-0.1, -0.05) is 13.0 Å². The van der Waals surface area contributed by atoms with Gasteiger partial charge in [0.05, 0.1) is 0 Å². The van der Waals surface area contributed by atoms with Crippen molar-refractivity contribution in [2.24, 2.45) is 0 Å². The summed E-state index contributed by atoms with van der Waals surface area (Å²) in [7, 11) is 0. The molecule has 3 heteroatoms. The summed E-state index contributed by atoms with van der Waals surface area (Å²) in [4.78, 5) is 7.02. The van der Waals surface area contributed by atoms with Crippen LogP contribution in [0.1, 0.15) is 48.2 Å². The lowest BCUT2D eigenvalue weighted by atomic mass is 10.1. The van der Waals surface area contributed by atoms with E-state index in [1.807, 2.05) is 29.8 Å². The van der Waals surface area contributed by atoms with Gasteiger partial charge in [-0.2, -0.15) is 0 Å². The van der Waals surface area contributed by atoms with E-state index in [0.29, 0.717) is 12.1 Å². The molecule has 0 amide bonds. The summed E-state index contributed by atoms with van der Waals surface area (Å²) in [5.41, 5.74) is 1.23. The first-order valence-corrected chi connectivity index (χ1v) is 7.27. The summed E-state index contributed by atoms with van der Waals surface area (Å²) < 4.78 is 0. The van der Waals surface area contributed by atoms with Crippen molar-refractivity contribution in [3.63, 3.8) is 0 Å². The molecule has 96 valence electrons. The van der Waals surface area contributed by atoms with E-state index in [9.17, 15) is 0 Å². The Morgan fingerprint density at radius 2 is 2.06 bits per heavy atom. The molecule has 0 saturated carbocycles. The molecule has 2 rings (SSSR count). The molecule has 2 heterocycles. The summed E-state index contributed by atoms with van der Waals surface area (Å²) in [6, 6.07) is 9.26. The van der Waals surface area contributed by atoms with E-state index in [1.54, 1.807) is 0 Å². The number of hydrogen-bond acceptors (Lipinski definition) is 3. The topological polar surface area (TPSA) is 24.9 Å². The van der Waals surface area contributed by atoms with Crippen molar-refractivity contribution in [3.8, 4) is 0 Å². The van der Waals surface area contributed by atoms with Gasteiger partial charge in [0.15, 0.2) is 0 Å². The van der Waals surface area contributed by atoms with Crippen LogP contribution in [0.5, 0.6) is 0 Å². The molecule has 2 aromatic heterocycles. The molecule has 0 aromatic carbocycles. The molecule has 0 aliphatic carbocycles. The third-order valence-electron chi connectivity index (χ3n) is 3.14. The maximum absolute atomic E-state index is 4.17. The molecule has 2 atom stereocenters. The predicted octanol–water partition coefficient (Wildman–Crippen LogP) is 4.12. The van der Waals surface area contributed by atoms with E-state index >= 15 is 0 Å². The normalized spacial score (nSPS) is 14.4. The van der Waals surface area contributed by atoms with Gasteiger partial charge in [-0.3, -0.25) is 4.98 Å². The highest BCUT2D eigenvalue weighted by molar-refractivity contribution is 7.12. The first-order chi connectivity index (χ1) is 8.70. The van der Waals surface area contributed by atoms with Crippen molar-refractivity contribution in [2.45, 2.75) is 39.3 Å². The van der Waals surface area contributed by atoms with Gasteiger partial charge in [0.2, 0.25) is 0 Å². The number of nitrogens with zero attached hydrogens (tertiary/aromatic N) is 1. The predicted molar refractivity (Wildman–Crippen MR) is 77.9 cm³/mol. The molecule has 0 aliphatic rings. The summed E-state index contributed by atoms with van der Waals surface area (Å²) in [6.45, 7) is 6.60. The van der Waals surface area contributed by atoms with Crippen LogP contribution >= 0.6 is 11.3 Å². The van der Waals surface area contributed by atoms with Gasteiger partial charge < -0.3 is 5.32 Å². The summed E-state index contributed by atoms with van der Waals surface area (Å²) in [5, 5.41) is 3.62. The summed E-state index contributed by atoms with van der Waals surface area (Å²) in [5.74, 6) is 0. The van der Waals surface area contributed by atoms with Crippen LogP contribution in [0.3, 0.4) is 0 Å². The molecule has 2 nitrogen and oxygen atoms in total. The molecule has 0 radical (unpaired) electrons. The minimum atomic E-state index is 0.320. The second-order valence-corrected chi connectivity index (χ2v) is 5.75. The lowest BCUT2D eigenvalue weighted by Gasteiger charge is -2.19. The molecule has 0 spiro atoms. The molecule has 2 unspecified atom stereocenters. The second kappa shape index (κ2) is 6.12. The van der Waals surface area contributed by atoms with Gasteiger partial charge in [-0.25, -0.2) is 0 Å². The lowest BCUT2D eigenvalue weighted by Crippen LogP contribution is -2.21. The van der Waals surface area contributed by atoms with Crippen molar-refractivity contribution >= 4 is 11.3 Å². The third-order valence-corrected chi connectivity index (χ3v) is 4.55. The van der Waals surface area contributed by atoms with Crippen molar-refractivity contribution < 1.29 is 0 Å². The molecule has 0 bridgehead atoms. The van der Waals surface area contributed by atoms with Crippen molar-refractivity contribution in [1.29, 1.82) is 0 Å². The summed E-state index contributed by atoms with van der Waals surface area (Å²) >= 11 is 1.90. The Morgan fingerprint density at radius 3 is 2.67 bits per heavy atom. The van der Waals surface area contributed by atoms with Crippen molar-refractivity contribution in [2.75, 3.05) is 0 Å². The van der Waals surface area contributed by atoms with E-state index in [1.165, 1.54) is 15.3 Å². The smallest absolute Gasteiger partial charge is 0.0391 e. The van der Waals surface area contributed by atoms with Gasteiger partial charge in [0.25, 0.3) is 0 Å². The summed E-state index contributed by atoms with van der Waals surface area (Å²) in [6.07, 6.45) is 4.86. The van der Waals surface area contributed by atoms with E-state index < -0.39 is 0 Å². The highest BCUT2D eigenvalue weighted by Gasteiger charge is 2.12. The minimum absolute atomic E-state index is 0.320. The van der Waals surface area contributed by atoms with Crippen LogP contribution in [0, 0.1) is 0 Å². The van der Waals surface area contributed by atoms with Crippen LogP contribution in [-0.4, -0.2) is 4.98 Å². The van der Waals surface area contributed by atoms with E-state index in [2.05, 4.69) is 49.3 Å². The number of thiophene rings is 1. The third kappa shape index (κ3) is 3.18. The Labute approximate surface area is 113 Å². The van der Waals surface area contributed by atoms with Crippen molar-refractivity contribution in [3.05, 3.63) is 52.0 Å². The number of rotatable bonds is 5. The van der Waals surface area contributed by atoms with Gasteiger partial charge in [0, 0.05) is 34.2 Å². The van der Waals surface area contributed by atoms with Crippen LogP contribution in [0.15, 0.2) is 36.7 Å². The molecular weight excluding hydrogens is 240 g/mol.